The van der Waals surface area contributed by atoms with Crippen LogP contribution in [-0.4, -0.2) is 52.1 Å². The van der Waals surface area contributed by atoms with E-state index in [-0.39, 0.29) is 0 Å². The van der Waals surface area contributed by atoms with Crippen molar-refractivity contribution in [2.45, 2.75) is 39.8 Å². The largest absolute Gasteiger partial charge is 0.337 e. The molecular formula is C31H30N8. The molecule has 8 nitrogen and oxygen atoms in total. The topological polar surface area (TPSA) is 77.0 Å². The first-order chi connectivity index (χ1) is 19.2. The zero-order valence-electron chi connectivity index (χ0n) is 22.2. The lowest BCUT2D eigenvalue weighted by atomic mass is 10.0. The van der Waals surface area contributed by atoms with Crippen LogP contribution in [0.3, 0.4) is 0 Å². The van der Waals surface area contributed by atoms with Crippen molar-refractivity contribution in [3.05, 3.63) is 84.7 Å². The van der Waals surface area contributed by atoms with Crippen molar-refractivity contribution in [3.63, 3.8) is 0 Å². The van der Waals surface area contributed by atoms with Gasteiger partial charge in [-0.25, -0.2) is 24.5 Å². The van der Waals surface area contributed by atoms with Crippen LogP contribution in [0.15, 0.2) is 73.4 Å². The van der Waals surface area contributed by atoms with Gasteiger partial charge >= 0.3 is 0 Å². The minimum Gasteiger partial charge on any atom is -0.337 e. The molecule has 8 heteroatoms. The minimum absolute atomic E-state index is 0.674. The highest BCUT2D eigenvalue weighted by Gasteiger charge is 2.16. The summed E-state index contributed by atoms with van der Waals surface area (Å²) in [7, 11) is 0. The second kappa shape index (κ2) is 9.71. The number of rotatable bonds is 6. The normalized spacial score (nSPS) is 14.1. The number of pyridine rings is 2. The van der Waals surface area contributed by atoms with Crippen LogP contribution in [0.5, 0.6) is 0 Å². The van der Waals surface area contributed by atoms with Gasteiger partial charge in [-0.15, -0.1) is 0 Å². The lowest BCUT2D eigenvalue weighted by Gasteiger charge is -2.15. The predicted molar refractivity (Wildman–Crippen MR) is 153 cm³/mol. The Morgan fingerprint density at radius 2 is 1.72 bits per heavy atom. The third-order valence-electron chi connectivity index (χ3n) is 7.69. The van der Waals surface area contributed by atoms with Crippen LogP contribution in [0.2, 0.25) is 0 Å². The molecule has 0 N–H and O–H groups in total. The lowest BCUT2D eigenvalue weighted by molar-refractivity contribution is 0.331. The highest BCUT2D eigenvalue weighted by Crippen LogP contribution is 2.31. The summed E-state index contributed by atoms with van der Waals surface area (Å²) in [5, 5.41) is 5.92. The van der Waals surface area contributed by atoms with Crippen molar-refractivity contribution in [1.82, 2.24) is 39.0 Å². The second-order valence-corrected chi connectivity index (χ2v) is 10.3. The van der Waals surface area contributed by atoms with E-state index in [1.165, 1.54) is 31.5 Å². The van der Waals surface area contributed by atoms with Gasteiger partial charge in [0.05, 0.1) is 29.6 Å². The van der Waals surface area contributed by atoms with Crippen molar-refractivity contribution >= 4 is 16.7 Å². The van der Waals surface area contributed by atoms with Crippen LogP contribution in [0.1, 0.15) is 31.0 Å². The number of hydrogen-bond acceptors (Lipinski definition) is 6. The van der Waals surface area contributed by atoms with E-state index < -0.39 is 0 Å². The van der Waals surface area contributed by atoms with Crippen LogP contribution in [0.25, 0.3) is 50.5 Å². The molecule has 1 aliphatic heterocycles. The molecule has 194 valence electrons. The number of hydrogen-bond donors (Lipinski definition) is 0. The number of aromatic nitrogens is 7. The highest BCUT2D eigenvalue weighted by molar-refractivity contribution is 5.93. The van der Waals surface area contributed by atoms with E-state index in [9.17, 15) is 0 Å². The van der Waals surface area contributed by atoms with E-state index in [4.69, 9.17) is 15.1 Å². The molecule has 0 unspecified atom stereocenters. The van der Waals surface area contributed by atoms with Gasteiger partial charge in [-0.3, -0.25) is 4.90 Å². The molecule has 0 saturated carbocycles. The van der Waals surface area contributed by atoms with Crippen LogP contribution < -0.4 is 0 Å². The van der Waals surface area contributed by atoms with Gasteiger partial charge in [-0.05, 0) is 75.2 Å². The number of fused-ring (bicyclic) bond motifs is 2. The Morgan fingerprint density at radius 1 is 0.872 bits per heavy atom. The fourth-order valence-electron chi connectivity index (χ4n) is 5.53. The maximum absolute atomic E-state index is 4.97. The molecule has 39 heavy (non-hydrogen) atoms. The summed E-state index contributed by atoms with van der Waals surface area (Å²) in [5.41, 5.74) is 9.62. The van der Waals surface area contributed by atoms with Gasteiger partial charge in [-0.1, -0.05) is 24.3 Å². The van der Waals surface area contributed by atoms with Crippen LogP contribution >= 0.6 is 0 Å². The maximum Gasteiger partial charge on any atom is 0.160 e. The fourth-order valence-corrected chi connectivity index (χ4v) is 5.53. The highest BCUT2D eigenvalue weighted by atomic mass is 15.3. The summed E-state index contributed by atoms with van der Waals surface area (Å²) in [5.74, 6) is 0. The monoisotopic (exact) mass is 514 g/mol. The fraction of sp³-hybridized carbons (Fsp3) is 0.258. The third kappa shape index (κ3) is 4.36. The van der Waals surface area contributed by atoms with Gasteiger partial charge in [0, 0.05) is 42.0 Å². The minimum atomic E-state index is 0.674. The zero-order chi connectivity index (χ0) is 26.3. The molecule has 0 bridgehead atoms. The van der Waals surface area contributed by atoms with Gasteiger partial charge < -0.3 is 4.57 Å². The number of nitrogens with zero attached hydrogens (tertiary/aromatic N) is 8. The average Bonchev–Trinajstić information content (AvgIpc) is 3.74. The number of imidazole rings is 2. The average molecular weight is 515 g/mol. The van der Waals surface area contributed by atoms with E-state index in [0.29, 0.717) is 5.65 Å². The Kier molecular flexibility index (Phi) is 5.89. The SMILES string of the molecule is CCn1cnc(-c2ccc3c(-c4cnc5cc(-c6ccc(CN7CCCC7)cc6)c(C)nn45)ccnc3n2)c1. The van der Waals surface area contributed by atoms with Gasteiger partial charge in [0.1, 0.15) is 5.69 Å². The van der Waals surface area contributed by atoms with E-state index in [1.807, 2.05) is 39.9 Å². The first-order valence-electron chi connectivity index (χ1n) is 13.6. The smallest absolute Gasteiger partial charge is 0.160 e. The number of aryl methyl sites for hydroxylation is 2. The molecule has 0 atom stereocenters. The Bertz CT molecular complexity index is 1790. The molecule has 0 amide bonds. The summed E-state index contributed by atoms with van der Waals surface area (Å²) in [6.07, 6.45) is 10.1. The Hall–Kier alpha value is -4.43. The summed E-state index contributed by atoms with van der Waals surface area (Å²) in [6, 6.07) is 17.1. The molecular weight excluding hydrogens is 484 g/mol. The van der Waals surface area contributed by atoms with E-state index in [0.717, 1.165) is 63.6 Å². The third-order valence-corrected chi connectivity index (χ3v) is 7.69. The van der Waals surface area contributed by atoms with Crippen LogP contribution in [0, 0.1) is 6.92 Å². The van der Waals surface area contributed by atoms with Crippen molar-refractivity contribution in [2.24, 2.45) is 0 Å². The van der Waals surface area contributed by atoms with E-state index in [1.54, 1.807) is 6.20 Å². The molecule has 0 radical (unpaired) electrons. The molecule has 1 fully saturated rings. The summed E-state index contributed by atoms with van der Waals surface area (Å²) in [4.78, 5) is 21.1. The summed E-state index contributed by atoms with van der Waals surface area (Å²) in [6.45, 7) is 8.46. The molecule has 0 aliphatic carbocycles. The molecule has 1 aromatic carbocycles. The summed E-state index contributed by atoms with van der Waals surface area (Å²) >= 11 is 0. The summed E-state index contributed by atoms with van der Waals surface area (Å²) < 4.78 is 3.96. The second-order valence-electron chi connectivity index (χ2n) is 10.3. The Balaban J connectivity index is 1.22. The lowest BCUT2D eigenvalue weighted by Crippen LogP contribution is -2.18. The maximum atomic E-state index is 4.97. The van der Waals surface area contributed by atoms with E-state index >= 15 is 0 Å². The first-order valence-corrected chi connectivity index (χ1v) is 13.6. The predicted octanol–water partition coefficient (Wildman–Crippen LogP) is 5.79. The molecule has 5 aromatic heterocycles. The van der Waals surface area contributed by atoms with Gasteiger partial charge in [-0.2, -0.15) is 5.10 Å². The van der Waals surface area contributed by atoms with Crippen LogP contribution in [0.4, 0.5) is 0 Å². The Morgan fingerprint density at radius 3 is 2.51 bits per heavy atom. The van der Waals surface area contributed by atoms with Crippen molar-refractivity contribution < 1.29 is 0 Å². The quantitative estimate of drug-likeness (QED) is 0.280. The van der Waals surface area contributed by atoms with Crippen LogP contribution in [-0.2, 0) is 13.1 Å². The molecule has 0 spiro atoms. The Labute approximate surface area is 227 Å². The molecule has 7 rings (SSSR count). The van der Waals surface area contributed by atoms with E-state index in [2.05, 4.69) is 65.1 Å². The van der Waals surface area contributed by atoms with Crippen molar-refractivity contribution in [2.75, 3.05) is 13.1 Å². The molecule has 1 aliphatic rings. The van der Waals surface area contributed by atoms with Gasteiger partial charge in [0.15, 0.2) is 11.3 Å². The number of likely N-dealkylation sites (tertiary alicyclic amines) is 1. The molecule has 6 heterocycles. The molecule has 1 saturated heterocycles. The van der Waals surface area contributed by atoms with Crippen molar-refractivity contribution in [3.8, 4) is 33.8 Å². The zero-order valence-corrected chi connectivity index (χ0v) is 22.2. The molecule has 6 aromatic rings. The van der Waals surface area contributed by atoms with Crippen molar-refractivity contribution in [1.29, 1.82) is 0 Å². The van der Waals surface area contributed by atoms with Gasteiger partial charge in [0.25, 0.3) is 0 Å². The standard InChI is InChI=1S/C31H30N8/c1-3-37-19-28(34-20-37)27-11-10-25-24(12-13-32-31(25)35-27)29-17-33-30-16-26(21(2)36-39(29)30)23-8-6-22(7-9-23)18-38-14-4-5-15-38/h6-13,16-17,19-20H,3-5,14-15,18H2,1-2H3. The van der Waals surface area contributed by atoms with Gasteiger partial charge in [0.2, 0.25) is 0 Å². The number of benzene rings is 1. The first kappa shape index (κ1) is 23.7.